The van der Waals surface area contributed by atoms with Gasteiger partial charge in [-0.15, -0.1) is 0 Å². The largest absolute Gasteiger partial charge is 0.372 e. The molecule has 1 saturated carbocycles. The number of rotatable bonds is 4. The van der Waals surface area contributed by atoms with Gasteiger partial charge in [-0.1, -0.05) is 0 Å². The quantitative estimate of drug-likeness (QED) is 0.916. The van der Waals surface area contributed by atoms with Gasteiger partial charge in [0.2, 0.25) is 0 Å². The van der Waals surface area contributed by atoms with Gasteiger partial charge in [0.1, 0.15) is 11.6 Å². The van der Waals surface area contributed by atoms with E-state index in [9.17, 15) is 4.39 Å². The second-order valence-corrected chi connectivity index (χ2v) is 5.95. The van der Waals surface area contributed by atoms with Crippen molar-refractivity contribution in [2.24, 2.45) is 0 Å². The van der Waals surface area contributed by atoms with Crippen LogP contribution in [0.5, 0.6) is 0 Å². The molecule has 2 aliphatic rings. The number of morpholine rings is 1. The summed E-state index contributed by atoms with van der Waals surface area (Å²) in [5.74, 6) is 0.622. The second-order valence-electron chi connectivity index (χ2n) is 5.95. The number of aromatic nitrogens is 1. The molecule has 4 nitrogen and oxygen atoms in total. The molecule has 1 aliphatic heterocycles. The van der Waals surface area contributed by atoms with Gasteiger partial charge < -0.3 is 15.0 Å². The third-order valence-corrected chi connectivity index (χ3v) is 3.79. The molecule has 1 saturated heterocycles. The Morgan fingerprint density at radius 2 is 2.05 bits per heavy atom. The van der Waals surface area contributed by atoms with E-state index in [0.29, 0.717) is 12.6 Å². The van der Waals surface area contributed by atoms with Crippen molar-refractivity contribution in [1.29, 1.82) is 0 Å². The molecule has 3 rings (SSSR count). The van der Waals surface area contributed by atoms with Crippen LogP contribution in [0.1, 0.15) is 32.3 Å². The van der Waals surface area contributed by atoms with E-state index in [1.165, 1.54) is 19.0 Å². The van der Waals surface area contributed by atoms with Crippen LogP contribution in [0.15, 0.2) is 12.3 Å². The van der Waals surface area contributed by atoms with Crippen molar-refractivity contribution in [3.63, 3.8) is 0 Å². The summed E-state index contributed by atoms with van der Waals surface area (Å²) in [5.41, 5.74) is 0.943. The Balaban J connectivity index is 1.79. The zero-order valence-corrected chi connectivity index (χ0v) is 12.1. The molecule has 1 aromatic rings. The van der Waals surface area contributed by atoms with Crippen LogP contribution in [-0.4, -0.2) is 36.3 Å². The standard InChI is InChI=1S/C15H22FN3O/c1-10-8-19(9-11(2)20-10)15-12(5-13(16)7-18-15)6-17-14-3-4-14/h5,7,10-11,14,17H,3-4,6,8-9H2,1-2H3. The number of hydrogen-bond donors (Lipinski definition) is 1. The fourth-order valence-corrected chi connectivity index (χ4v) is 2.78. The summed E-state index contributed by atoms with van der Waals surface area (Å²) >= 11 is 0. The number of hydrogen-bond acceptors (Lipinski definition) is 4. The average Bonchev–Trinajstić information content (AvgIpc) is 3.19. The molecule has 1 N–H and O–H groups in total. The molecule has 0 radical (unpaired) electrons. The smallest absolute Gasteiger partial charge is 0.141 e. The van der Waals surface area contributed by atoms with Crippen molar-refractivity contribution in [2.45, 2.75) is 51.5 Å². The summed E-state index contributed by atoms with van der Waals surface area (Å²) < 4.78 is 19.2. The monoisotopic (exact) mass is 279 g/mol. The van der Waals surface area contributed by atoms with Gasteiger partial charge in [-0.2, -0.15) is 0 Å². The molecule has 2 atom stereocenters. The number of nitrogens with zero attached hydrogens (tertiary/aromatic N) is 2. The van der Waals surface area contributed by atoms with Crippen LogP contribution in [-0.2, 0) is 11.3 Å². The lowest BCUT2D eigenvalue weighted by molar-refractivity contribution is -0.00551. The van der Waals surface area contributed by atoms with Crippen LogP contribution in [0.2, 0.25) is 0 Å². The fourth-order valence-electron chi connectivity index (χ4n) is 2.78. The molecule has 1 aromatic heterocycles. The van der Waals surface area contributed by atoms with Gasteiger partial charge in [0.15, 0.2) is 0 Å². The van der Waals surface area contributed by atoms with E-state index in [1.807, 2.05) is 0 Å². The summed E-state index contributed by atoms with van der Waals surface area (Å²) in [6, 6.07) is 2.20. The molecule has 5 heteroatoms. The van der Waals surface area contributed by atoms with Crippen molar-refractivity contribution >= 4 is 5.82 Å². The predicted octanol–water partition coefficient (Wildman–Crippen LogP) is 2.09. The van der Waals surface area contributed by atoms with Crippen molar-refractivity contribution in [3.05, 3.63) is 23.6 Å². The van der Waals surface area contributed by atoms with Crippen LogP contribution < -0.4 is 10.2 Å². The number of nitrogens with one attached hydrogen (secondary N) is 1. The van der Waals surface area contributed by atoms with Crippen molar-refractivity contribution in [1.82, 2.24) is 10.3 Å². The Morgan fingerprint density at radius 3 is 2.70 bits per heavy atom. The highest BCUT2D eigenvalue weighted by molar-refractivity contribution is 5.47. The van der Waals surface area contributed by atoms with Crippen LogP contribution in [0.25, 0.3) is 0 Å². The third kappa shape index (κ3) is 3.27. The first-order chi connectivity index (χ1) is 9.61. The molecule has 0 amide bonds. The Bertz CT molecular complexity index is 468. The normalized spacial score (nSPS) is 26.9. The molecule has 0 bridgehead atoms. The van der Waals surface area contributed by atoms with Crippen LogP contribution in [0, 0.1) is 5.82 Å². The van der Waals surface area contributed by atoms with Crippen molar-refractivity contribution < 1.29 is 9.13 Å². The summed E-state index contributed by atoms with van der Waals surface area (Å²) in [5, 5.41) is 3.44. The molecule has 110 valence electrons. The third-order valence-electron chi connectivity index (χ3n) is 3.79. The lowest BCUT2D eigenvalue weighted by atomic mass is 10.2. The van der Waals surface area contributed by atoms with Crippen LogP contribution in [0.3, 0.4) is 0 Å². The zero-order valence-electron chi connectivity index (χ0n) is 12.1. The van der Waals surface area contributed by atoms with Gasteiger partial charge in [-0.3, -0.25) is 0 Å². The van der Waals surface area contributed by atoms with E-state index >= 15 is 0 Å². The highest BCUT2D eigenvalue weighted by Gasteiger charge is 2.26. The Kier molecular flexibility index (Phi) is 3.89. The lowest BCUT2D eigenvalue weighted by Gasteiger charge is -2.37. The average molecular weight is 279 g/mol. The minimum absolute atomic E-state index is 0.176. The molecule has 0 aromatic carbocycles. The maximum Gasteiger partial charge on any atom is 0.141 e. The molecule has 20 heavy (non-hydrogen) atoms. The predicted molar refractivity (Wildman–Crippen MR) is 76.3 cm³/mol. The van der Waals surface area contributed by atoms with Gasteiger partial charge in [-0.05, 0) is 32.8 Å². The molecular formula is C15H22FN3O. The number of halogens is 1. The van der Waals surface area contributed by atoms with Gasteiger partial charge in [0.05, 0.1) is 18.4 Å². The van der Waals surface area contributed by atoms with Gasteiger partial charge >= 0.3 is 0 Å². The molecule has 2 fully saturated rings. The maximum atomic E-state index is 13.5. The molecular weight excluding hydrogens is 257 g/mol. The molecule has 1 aliphatic carbocycles. The number of pyridine rings is 1. The highest BCUT2D eigenvalue weighted by atomic mass is 19.1. The fraction of sp³-hybridized carbons (Fsp3) is 0.667. The summed E-state index contributed by atoms with van der Waals surface area (Å²) in [7, 11) is 0. The van der Waals surface area contributed by atoms with E-state index in [0.717, 1.165) is 24.5 Å². The molecule has 2 unspecified atom stereocenters. The van der Waals surface area contributed by atoms with Gasteiger partial charge in [0, 0.05) is 31.2 Å². The molecule has 2 heterocycles. The first-order valence-electron chi connectivity index (χ1n) is 7.40. The lowest BCUT2D eigenvalue weighted by Crippen LogP contribution is -2.46. The summed E-state index contributed by atoms with van der Waals surface area (Å²) in [4.78, 5) is 6.54. The van der Waals surface area contributed by atoms with Crippen molar-refractivity contribution in [2.75, 3.05) is 18.0 Å². The highest BCUT2D eigenvalue weighted by Crippen LogP contribution is 2.25. The zero-order chi connectivity index (χ0) is 14.1. The van der Waals surface area contributed by atoms with E-state index in [1.54, 1.807) is 6.07 Å². The first kappa shape index (κ1) is 13.8. The van der Waals surface area contributed by atoms with Crippen molar-refractivity contribution in [3.8, 4) is 0 Å². The minimum atomic E-state index is -0.268. The van der Waals surface area contributed by atoms with Crippen LogP contribution in [0.4, 0.5) is 10.2 Å². The van der Waals surface area contributed by atoms with E-state index in [4.69, 9.17) is 4.74 Å². The van der Waals surface area contributed by atoms with E-state index in [2.05, 4.69) is 29.0 Å². The summed E-state index contributed by atoms with van der Waals surface area (Å²) in [6.45, 7) is 6.42. The number of ether oxygens (including phenoxy) is 1. The van der Waals surface area contributed by atoms with Gasteiger partial charge in [-0.25, -0.2) is 9.37 Å². The first-order valence-corrected chi connectivity index (χ1v) is 7.40. The number of anilines is 1. The minimum Gasteiger partial charge on any atom is -0.372 e. The Hall–Kier alpha value is -1.20. The summed E-state index contributed by atoms with van der Waals surface area (Å²) in [6.07, 6.45) is 4.11. The van der Waals surface area contributed by atoms with Crippen LogP contribution >= 0.6 is 0 Å². The van der Waals surface area contributed by atoms with E-state index < -0.39 is 0 Å². The Morgan fingerprint density at radius 1 is 1.35 bits per heavy atom. The SMILES string of the molecule is CC1CN(c2ncc(F)cc2CNC2CC2)CC(C)O1. The van der Waals surface area contributed by atoms with Gasteiger partial charge in [0.25, 0.3) is 0 Å². The second kappa shape index (κ2) is 5.66. The topological polar surface area (TPSA) is 37.4 Å². The maximum absolute atomic E-state index is 13.5. The Labute approximate surface area is 119 Å². The van der Waals surface area contributed by atoms with E-state index in [-0.39, 0.29) is 18.0 Å². The molecule has 0 spiro atoms.